The summed E-state index contributed by atoms with van der Waals surface area (Å²) in [6.07, 6.45) is 7.23. The van der Waals surface area contributed by atoms with Crippen molar-refractivity contribution in [3.8, 4) is 0 Å². The van der Waals surface area contributed by atoms with Crippen molar-refractivity contribution < 1.29 is 10.2 Å². The first-order chi connectivity index (χ1) is 18.2. The summed E-state index contributed by atoms with van der Waals surface area (Å²) in [5, 5.41) is 26.1. The zero-order valence-corrected chi connectivity index (χ0v) is 20.6. The predicted molar refractivity (Wildman–Crippen MR) is 149 cm³/mol. The Kier molecular flexibility index (Phi) is 8.76. The van der Waals surface area contributed by atoms with Crippen molar-refractivity contribution in [1.29, 1.82) is 0 Å². The highest BCUT2D eigenvalue weighted by Crippen LogP contribution is 2.42. The van der Waals surface area contributed by atoms with Gasteiger partial charge in [0, 0.05) is 24.4 Å². The highest BCUT2D eigenvalue weighted by Gasteiger charge is 2.42. The number of aliphatic hydroxyl groups excluding tert-OH is 1. The van der Waals surface area contributed by atoms with Crippen LogP contribution in [-0.4, -0.2) is 38.8 Å². The van der Waals surface area contributed by atoms with E-state index in [4.69, 9.17) is 5.10 Å². The molecule has 0 aliphatic carbocycles. The summed E-state index contributed by atoms with van der Waals surface area (Å²) in [4.78, 5) is 4.16. The maximum Gasteiger partial charge on any atom is 0.171 e. The molecule has 0 radical (unpaired) electrons. The van der Waals surface area contributed by atoms with E-state index in [1.165, 1.54) is 6.08 Å². The molecule has 37 heavy (non-hydrogen) atoms. The van der Waals surface area contributed by atoms with Crippen molar-refractivity contribution in [1.82, 2.24) is 9.99 Å². The van der Waals surface area contributed by atoms with Gasteiger partial charge in [0.25, 0.3) is 0 Å². The van der Waals surface area contributed by atoms with E-state index in [2.05, 4.69) is 53.0 Å². The number of nitrogens with zero attached hydrogens (tertiary/aromatic N) is 3. The third kappa shape index (κ3) is 5.92. The minimum atomic E-state index is -1.53. The van der Waals surface area contributed by atoms with Crippen molar-refractivity contribution in [3.05, 3.63) is 163 Å². The lowest BCUT2D eigenvalue weighted by Gasteiger charge is -2.44. The number of benzene rings is 3. The maximum atomic E-state index is 9.37. The molecule has 4 aromatic rings. The monoisotopic (exact) mass is 489 g/mol. The summed E-state index contributed by atoms with van der Waals surface area (Å²) >= 11 is 0. The van der Waals surface area contributed by atoms with E-state index in [0.29, 0.717) is 13.0 Å². The van der Waals surface area contributed by atoms with E-state index in [9.17, 15) is 10.2 Å². The van der Waals surface area contributed by atoms with Crippen LogP contribution in [0.1, 0.15) is 28.7 Å². The van der Waals surface area contributed by atoms with Gasteiger partial charge in [-0.15, -0.1) is 6.58 Å². The molecule has 0 amide bonds. The zero-order valence-electron chi connectivity index (χ0n) is 20.6. The van der Waals surface area contributed by atoms with Crippen molar-refractivity contribution >= 4 is 5.71 Å². The fourth-order valence-corrected chi connectivity index (χ4v) is 4.57. The minimum absolute atomic E-state index is 0.393. The van der Waals surface area contributed by atoms with Crippen LogP contribution >= 0.6 is 0 Å². The SMILES string of the molecule is C=CCN(/N=C(\C/C=C/C(O)O)c1ccncc1)C(c1ccccc1)(c1ccccc1)c1ccccc1. The van der Waals surface area contributed by atoms with Crippen LogP contribution in [0.3, 0.4) is 0 Å². The molecular formula is C32H31N3O2. The summed E-state index contributed by atoms with van der Waals surface area (Å²) in [5.41, 5.74) is 4.07. The quantitative estimate of drug-likeness (QED) is 0.0957. The number of aromatic nitrogens is 1. The van der Waals surface area contributed by atoms with Crippen molar-refractivity contribution in [2.75, 3.05) is 6.54 Å². The highest BCUT2D eigenvalue weighted by atomic mass is 16.5. The molecule has 5 heteroatoms. The molecule has 1 heterocycles. The van der Waals surface area contributed by atoms with E-state index in [0.717, 1.165) is 28.0 Å². The van der Waals surface area contributed by atoms with Gasteiger partial charge in [-0.25, -0.2) is 0 Å². The van der Waals surface area contributed by atoms with Gasteiger partial charge < -0.3 is 10.2 Å². The third-order valence-electron chi connectivity index (χ3n) is 6.14. The van der Waals surface area contributed by atoms with Gasteiger partial charge in [-0.1, -0.05) is 103 Å². The molecule has 0 aliphatic rings. The van der Waals surface area contributed by atoms with E-state index in [1.54, 1.807) is 18.5 Å². The molecule has 0 saturated heterocycles. The Hall–Kier alpha value is -4.32. The lowest BCUT2D eigenvalue weighted by Crippen LogP contribution is -2.46. The van der Waals surface area contributed by atoms with Crippen LogP contribution in [0.5, 0.6) is 0 Å². The van der Waals surface area contributed by atoms with Gasteiger partial charge in [-0.3, -0.25) is 9.99 Å². The summed E-state index contributed by atoms with van der Waals surface area (Å²) in [6.45, 7) is 4.52. The molecule has 0 spiro atoms. The Morgan fingerprint density at radius 3 is 1.73 bits per heavy atom. The number of hydrazone groups is 1. The number of pyridine rings is 1. The molecule has 0 bridgehead atoms. The number of hydrogen-bond donors (Lipinski definition) is 2. The smallest absolute Gasteiger partial charge is 0.171 e. The Balaban J connectivity index is 2.02. The minimum Gasteiger partial charge on any atom is -0.365 e. The number of hydrogen-bond acceptors (Lipinski definition) is 5. The Labute approximate surface area is 218 Å². The second kappa shape index (κ2) is 12.6. The van der Waals surface area contributed by atoms with Gasteiger partial charge in [0.1, 0.15) is 5.54 Å². The average Bonchev–Trinajstić information content (AvgIpc) is 2.95. The molecule has 0 aliphatic heterocycles. The van der Waals surface area contributed by atoms with Gasteiger partial charge in [0.2, 0.25) is 0 Å². The molecule has 4 rings (SSSR count). The Bertz CT molecular complexity index is 1210. The first-order valence-electron chi connectivity index (χ1n) is 12.2. The summed E-state index contributed by atoms with van der Waals surface area (Å²) in [6, 6.07) is 34.9. The molecule has 5 nitrogen and oxygen atoms in total. The molecule has 1 aromatic heterocycles. The zero-order chi connectivity index (χ0) is 25.9. The van der Waals surface area contributed by atoms with Gasteiger partial charge in [0.15, 0.2) is 6.29 Å². The normalized spacial score (nSPS) is 12.1. The predicted octanol–water partition coefficient (Wildman–Crippen LogP) is 5.52. The molecule has 186 valence electrons. The van der Waals surface area contributed by atoms with Crippen LogP contribution in [0.2, 0.25) is 0 Å². The van der Waals surface area contributed by atoms with E-state index >= 15 is 0 Å². The van der Waals surface area contributed by atoms with Gasteiger partial charge >= 0.3 is 0 Å². The Morgan fingerprint density at radius 2 is 1.30 bits per heavy atom. The fraction of sp³-hybridized carbons (Fsp3) is 0.125. The van der Waals surface area contributed by atoms with Crippen LogP contribution in [0.25, 0.3) is 0 Å². The molecular weight excluding hydrogens is 458 g/mol. The number of rotatable bonds is 11. The topological polar surface area (TPSA) is 69.0 Å². The van der Waals surface area contributed by atoms with Gasteiger partial charge in [-0.05, 0) is 34.9 Å². The van der Waals surface area contributed by atoms with Crippen molar-refractivity contribution in [3.63, 3.8) is 0 Å². The second-order valence-corrected chi connectivity index (χ2v) is 8.51. The third-order valence-corrected chi connectivity index (χ3v) is 6.14. The lowest BCUT2D eigenvalue weighted by atomic mass is 9.76. The molecule has 0 saturated carbocycles. The molecule has 3 aromatic carbocycles. The standard InChI is InChI=1S/C32H31N3O2/c1-2-25-35(34-30(19-12-20-31(36)37)26-21-23-33-24-22-26)32(27-13-6-3-7-14-27,28-15-8-4-9-16-28)29-17-10-5-11-18-29/h2-18,20-24,31,36-37H,1,19,25H2/b20-12+,34-30+. The van der Waals surface area contributed by atoms with Crippen LogP contribution < -0.4 is 0 Å². The fourth-order valence-electron chi connectivity index (χ4n) is 4.57. The van der Waals surface area contributed by atoms with Crippen LogP contribution in [0.4, 0.5) is 0 Å². The largest absolute Gasteiger partial charge is 0.365 e. The van der Waals surface area contributed by atoms with Crippen LogP contribution in [0, 0.1) is 0 Å². The molecule has 0 fully saturated rings. The molecule has 2 N–H and O–H groups in total. The maximum absolute atomic E-state index is 9.37. The molecule has 0 unspecified atom stereocenters. The average molecular weight is 490 g/mol. The first-order valence-corrected chi connectivity index (χ1v) is 12.2. The first kappa shape index (κ1) is 25.8. The number of allylic oxidation sites excluding steroid dienone is 1. The van der Waals surface area contributed by atoms with Crippen molar-refractivity contribution in [2.24, 2.45) is 5.10 Å². The van der Waals surface area contributed by atoms with E-state index < -0.39 is 11.8 Å². The molecule has 0 atom stereocenters. The van der Waals surface area contributed by atoms with E-state index in [1.807, 2.05) is 72.8 Å². The summed E-state index contributed by atoms with van der Waals surface area (Å²) in [7, 11) is 0. The number of aliphatic hydroxyl groups is 2. The van der Waals surface area contributed by atoms with Crippen molar-refractivity contribution in [2.45, 2.75) is 18.2 Å². The summed E-state index contributed by atoms with van der Waals surface area (Å²) in [5.74, 6) is 0. The van der Waals surface area contributed by atoms with Crippen LogP contribution in [0.15, 0.2) is 145 Å². The van der Waals surface area contributed by atoms with Crippen LogP contribution in [-0.2, 0) is 5.54 Å². The Morgan fingerprint density at radius 1 is 0.811 bits per heavy atom. The summed E-state index contributed by atoms with van der Waals surface area (Å²) < 4.78 is 0. The second-order valence-electron chi connectivity index (χ2n) is 8.51. The lowest BCUT2D eigenvalue weighted by molar-refractivity contribution is 0.00223. The highest BCUT2D eigenvalue weighted by molar-refractivity contribution is 6.01. The van der Waals surface area contributed by atoms with Gasteiger partial charge in [-0.2, -0.15) is 5.10 Å². The van der Waals surface area contributed by atoms with E-state index in [-0.39, 0.29) is 0 Å². The van der Waals surface area contributed by atoms with Gasteiger partial charge in [0.05, 0.1) is 12.3 Å².